The second kappa shape index (κ2) is 6.96. The minimum absolute atomic E-state index is 0.00393. The van der Waals surface area contributed by atoms with Crippen LogP contribution in [0.5, 0.6) is 5.75 Å². The van der Waals surface area contributed by atoms with Crippen LogP contribution in [0.2, 0.25) is 0 Å². The van der Waals surface area contributed by atoms with Crippen LogP contribution in [0.3, 0.4) is 0 Å². The number of phenols is 1. The van der Waals surface area contributed by atoms with E-state index in [0.717, 1.165) is 16.3 Å². The lowest BCUT2D eigenvalue weighted by atomic mass is 10.0. The van der Waals surface area contributed by atoms with Gasteiger partial charge in [0, 0.05) is 23.1 Å². The van der Waals surface area contributed by atoms with Crippen molar-refractivity contribution in [2.45, 2.75) is 13.0 Å². The van der Waals surface area contributed by atoms with Gasteiger partial charge in [0.1, 0.15) is 17.9 Å². The number of fused-ring (bicyclic) bond motifs is 2. The molecule has 0 aliphatic carbocycles. The van der Waals surface area contributed by atoms with Gasteiger partial charge in [-0.05, 0) is 28.5 Å². The van der Waals surface area contributed by atoms with E-state index in [2.05, 4.69) is 0 Å². The monoisotopic (exact) mass is 360 g/mol. The number of rotatable bonds is 4. The third-order valence-electron chi connectivity index (χ3n) is 4.42. The molecule has 1 N–H and O–H groups in total. The Morgan fingerprint density at radius 1 is 0.926 bits per heavy atom. The fraction of sp³-hybridized carbons (Fsp3) is 0.0909. The highest BCUT2D eigenvalue weighted by Crippen LogP contribution is 2.23. The van der Waals surface area contributed by atoms with Crippen molar-refractivity contribution in [3.8, 4) is 5.75 Å². The number of esters is 1. The zero-order chi connectivity index (χ0) is 18.8. The molecular formula is C22H16O5. The Morgan fingerprint density at radius 3 is 2.63 bits per heavy atom. The summed E-state index contributed by atoms with van der Waals surface area (Å²) in [7, 11) is 0. The summed E-state index contributed by atoms with van der Waals surface area (Å²) in [6, 6.07) is 19.4. The van der Waals surface area contributed by atoms with Crippen molar-refractivity contribution in [2.75, 3.05) is 0 Å². The number of ether oxygens (including phenoxy) is 1. The number of carbonyl (C=O) groups excluding carboxylic acids is 1. The third-order valence-corrected chi connectivity index (χ3v) is 4.42. The van der Waals surface area contributed by atoms with Gasteiger partial charge >= 0.3 is 11.6 Å². The molecule has 0 saturated carbocycles. The van der Waals surface area contributed by atoms with Crippen molar-refractivity contribution in [3.63, 3.8) is 0 Å². The second-order valence-corrected chi connectivity index (χ2v) is 6.25. The SMILES string of the molecule is O=C(Cc1cccc2ccccc12)OCc1cc(=O)oc2cc(O)ccc12. The van der Waals surface area contributed by atoms with Crippen molar-refractivity contribution in [1.82, 2.24) is 0 Å². The molecule has 0 amide bonds. The van der Waals surface area contributed by atoms with Gasteiger partial charge in [0.25, 0.3) is 0 Å². The molecule has 0 bridgehead atoms. The summed E-state index contributed by atoms with van der Waals surface area (Å²) in [4.78, 5) is 24.0. The zero-order valence-corrected chi connectivity index (χ0v) is 14.3. The number of hydrogen-bond acceptors (Lipinski definition) is 5. The minimum Gasteiger partial charge on any atom is -0.508 e. The molecule has 0 radical (unpaired) electrons. The van der Waals surface area contributed by atoms with E-state index in [1.807, 2.05) is 42.5 Å². The maximum Gasteiger partial charge on any atom is 0.336 e. The Balaban J connectivity index is 1.54. The molecule has 0 saturated heterocycles. The first-order chi connectivity index (χ1) is 13.1. The van der Waals surface area contributed by atoms with E-state index in [4.69, 9.17) is 9.15 Å². The summed E-state index contributed by atoms with van der Waals surface area (Å²) in [5.41, 5.74) is 1.11. The molecule has 0 aliphatic heterocycles. The van der Waals surface area contributed by atoms with Crippen molar-refractivity contribution in [1.29, 1.82) is 0 Å². The van der Waals surface area contributed by atoms with Crippen LogP contribution >= 0.6 is 0 Å². The largest absolute Gasteiger partial charge is 0.508 e. The van der Waals surface area contributed by atoms with Crippen LogP contribution in [0, 0.1) is 0 Å². The maximum absolute atomic E-state index is 12.3. The molecule has 0 atom stereocenters. The van der Waals surface area contributed by atoms with Crippen molar-refractivity contribution in [3.05, 3.63) is 88.3 Å². The second-order valence-electron chi connectivity index (χ2n) is 6.25. The van der Waals surface area contributed by atoms with E-state index in [-0.39, 0.29) is 30.3 Å². The quantitative estimate of drug-likeness (QED) is 0.441. The van der Waals surface area contributed by atoms with E-state index in [1.54, 1.807) is 6.07 Å². The number of hydrogen-bond donors (Lipinski definition) is 1. The average Bonchev–Trinajstić information content (AvgIpc) is 2.66. The molecule has 0 aliphatic rings. The number of phenolic OH excluding ortho intramolecular Hbond substituents is 1. The van der Waals surface area contributed by atoms with Gasteiger partial charge in [0.15, 0.2) is 0 Å². The van der Waals surface area contributed by atoms with Gasteiger partial charge in [-0.3, -0.25) is 4.79 Å². The average molecular weight is 360 g/mol. The van der Waals surface area contributed by atoms with Crippen LogP contribution in [-0.4, -0.2) is 11.1 Å². The molecule has 27 heavy (non-hydrogen) atoms. The maximum atomic E-state index is 12.3. The molecule has 5 nitrogen and oxygen atoms in total. The first-order valence-electron chi connectivity index (χ1n) is 8.48. The summed E-state index contributed by atoms with van der Waals surface area (Å²) in [5, 5.41) is 12.2. The van der Waals surface area contributed by atoms with Crippen molar-refractivity contribution in [2.24, 2.45) is 0 Å². The predicted octanol–water partition coefficient (Wildman–Crippen LogP) is 3.94. The van der Waals surface area contributed by atoms with Gasteiger partial charge < -0.3 is 14.3 Å². The van der Waals surface area contributed by atoms with E-state index in [0.29, 0.717) is 10.9 Å². The van der Waals surface area contributed by atoms with Gasteiger partial charge in [0.2, 0.25) is 0 Å². The first-order valence-corrected chi connectivity index (χ1v) is 8.48. The Kier molecular flexibility index (Phi) is 4.34. The number of aromatic hydroxyl groups is 1. The Bertz CT molecular complexity index is 1200. The fourth-order valence-electron chi connectivity index (χ4n) is 3.15. The van der Waals surface area contributed by atoms with Crippen molar-refractivity contribution >= 4 is 27.7 Å². The normalized spacial score (nSPS) is 11.0. The number of carbonyl (C=O) groups is 1. The highest BCUT2D eigenvalue weighted by molar-refractivity contribution is 5.89. The van der Waals surface area contributed by atoms with Gasteiger partial charge in [-0.15, -0.1) is 0 Å². The van der Waals surface area contributed by atoms with Crippen LogP contribution in [-0.2, 0) is 22.6 Å². The molecule has 3 aromatic carbocycles. The zero-order valence-electron chi connectivity index (χ0n) is 14.3. The van der Waals surface area contributed by atoms with Crippen LogP contribution in [0.4, 0.5) is 0 Å². The van der Waals surface area contributed by atoms with Crippen LogP contribution in [0.1, 0.15) is 11.1 Å². The van der Waals surface area contributed by atoms with E-state index < -0.39 is 5.63 Å². The Morgan fingerprint density at radius 2 is 1.74 bits per heavy atom. The molecule has 4 aromatic rings. The summed E-state index contributed by atoms with van der Waals surface area (Å²) in [5.74, 6) is -0.387. The molecular weight excluding hydrogens is 344 g/mol. The summed E-state index contributed by atoms with van der Waals surface area (Å²) < 4.78 is 10.5. The molecule has 1 aromatic heterocycles. The smallest absolute Gasteiger partial charge is 0.336 e. The number of benzene rings is 3. The Hall–Kier alpha value is -3.60. The minimum atomic E-state index is -0.562. The molecule has 134 valence electrons. The van der Waals surface area contributed by atoms with Gasteiger partial charge in [-0.2, -0.15) is 0 Å². The van der Waals surface area contributed by atoms with E-state index in [9.17, 15) is 14.7 Å². The summed E-state index contributed by atoms with van der Waals surface area (Å²) >= 11 is 0. The lowest BCUT2D eigenvalue weighted by Gasteiger charge is -2.09. The topological polar surface area (TPSA) is 76.7 Å². The van der Waals surface area contributed by atoms with E-state index in [1.165, 1.54) is 18.2 Å². The lowest BCUT2D eigenvalue weighted by Crippen LogP contribution is -2.10. The van der Waals surface area contributed by atoms with Crippen molar-refractivity contribution < 1.29 is 19.1 Å². The standard InChI is InChI=1S/C22H16O5/c23-17-8-9-19-16(11-22(25)27-20(19)12-17)13-26-21(24)10-15-6-3-5-14-4-1-2-7-18(14)15/h1-9,11-12,23H,10,13H2. The molecule has 1 heterocycles. The fourth-order valence-corrected chi connectivity index (χ4v) is 3.15. The molecule has 4 rings (SSSR count). The molecule has 0 unspecified atom stereocenters. The summed E-state index contributed by atoms with van der Waals surface area (Å²) in [6.45, 7) is -0.0452. The predicted molar refractivity (Wildman–Crippen MR) is 102 cm³/mol. The third kappa shape index (κ3) is 3.53. The van der Waals surface area contributed by atoms with Gasteiger partial charge in [0.05, 0.1) is 6.42 Å². The molecule has 0 fully saturated rings. The van der Waals surface area contributed by atoms with Gasteiger partial charge in [-0.25, -0.2) is 4.79 Å². The highest BCUT2D eigenvalue weighted by atomic mass is 16.5. The highest BCUT2D eigenvalue weighted by Gasteiger charge is 2.11. The van der Waals surface area contributed by atoms with E-state index >= 15 is 0 Å². The van der Waals surface area contributed by atoms with Gasteiger partial charge in [-0.1, -0.05) is 42.5 Å². The first kappa shape index (κ1) is 16.8. The summed E-state index contributed by atoms with van der Waals surface area (Å²) in [6.07, 6.45) is 0.140. The van der Waals surface area contributed by atoms with Crippen LogP contribution in [0.15, 0.2) is 75.9 Å². The van der Waals surface area contributed by atoms with Crippen LogP contribution < -0.4 is 5.63 Å². The lowest BCUT2D eigenvalue weighted by molar-refractivity contribution is -0.144. The molecule has 5 heteroatoms. The van der Waals surface area contributed by atoms with Crippen LogP contribution in [0.25, 0.3) is 21.7 Å². The molecule has 0 spiro atoms. The Labute approximate surface area is 154 Å².